The summed E-state index contributed by atoms with van der Waals surface area (Å²) in [5.74, 6) is 0.140. The molecule has 0 aliphatic carbocycles. The van der Waals surface area contributed by atoms with Gasteiger partial charge in [0.25, 0.3) is 5.91 Å². The predicted molar refractivity (Wildman–Crippen MR) is 96.0 cm³/mol. The zero-order valence-electron chi connectivity index (χ0n) is 14.1. The molecule has 0 saturated carbocycles. The normalized spacial score (nSPS) is 14.0. The Morgan fingerprint density at radius 3 is 2.42 bits per heavy atom. The van der Waals surface area contributed by atoms with Crippen molar-refractivity contribution in [3.8, 4) is 0 Å². The van der Waals surface area contributed by atoms with Crippen LogP contribution in [-0.4, -0.2) is 29.0 Å². The van der Waals surface area contributed by atoms with Gasteiger partial charge < -0.3 is 15.3 Å². The van der Waals surface area contributed by atoms with Crippen LogP contribution in [-0.2, 0) is 13.2 Å². The summed E-state index contributed by atoms with van der Waals surface area (Å²) >= 11 is 0. The van der Waals surface area contributed by atoms with Crippen molar-refractivity contribution < 1.29 is 9.90 Å². The summed E-state index contributed by atoms with van der Waals surface area (Å²) in [5.41, 5.74) is 4.83. The first-order valence-corrected chi connectivity index (χ1v) is 8.50. The number of amides is 1. The van der Waals surface area contributed by atoms with E-state index in [2.05, 4.69) is 5.32 Å². The standard InChI is InChI=1S/C20H24N2O2/c1-15-18(20(24)22-11-2-3-12-22)5-4-6-19(15)21-13-16-7-9-17(14-23)10-8-16/h4-10,21,23H,2-3,11-14H2,1H3. The summed E-state index contributed by atoms with van der Waals surface area (Å²) in [6.45, 7) is 4.49. The Morgan fingerprint density at radius 2 is 1.75 bits per heavy atom. The molecule has 3 rings (SSSR count). The van der Waals surface area contributed by atoms with E-state index in [1.807, 2.05) is 54.3 Å². The highest BCUT2D eigenvalue weighted by Crippen LogP contribution is 2.22. The van der Waals surface area contributed by atoms with Gasteiger partial charge in [-0.1, -0.05) is 30.3 Å². The van der Waals surface area contributed by atoms with Crippen molar-refractivity contribution in [1.29, 1.82) is 0 Å². The van der Waals surface area contributed by atoms with E-state index in [4.69, 9.17) is 5.11 Å². The maximum Gasteiger partial charge on any atom is 0.254 e. The molecule has 1 saturated heterocycles. The minimum Gasteiger partial charge on any atom is -0.392 e. The first kappa shape index (κ1) is 16.5. The molecule has 0 spiro atoms. The maximum atomic E-state index is 12.6. The lowest BCUT2D eigenvalue weighted by atomic mass is 10.0. The van der Waals surface area contributed by atoms with Gasteiger partial charge in [0.1, 0.15) is 0 Å². The first-order valence-electron chi connectivity index (χ1n) is 8.50. The van der Waals surface area contributed by atoms with E-state index in [0.717, 1.165) is 53.9 Å². The molecule has 4 heteroatoms. The molecule has 0 radical (unpaired) electrons. The van der Waals surface area contributed by atoms with E-state index >= 15 is 0 Å². The van der Waals surface area contributed by atoms with Crippen molar-refractivity contribution in [2.24, 2.45) is 0 Å². The molecule has 4 nitrogen and oxygen atoms in total. The molecule has 1 heterocycles. The van der Waals surface area contributed by atoms with Gasteiger partial charge in [0.05, 0.1) is 6.61 Å². The molecule has 2 N–H and O–H groups in total. The molecular formula is C20H24N2O2. The highest BCUT2D eigenvalue weighted by Gasteiger charge is 2.21. The number of benzene rings is 2. The molecular weight excluding hydrogens is 300 g/mol. The van der Waals surface area contributed by atoms with Crippen LogP contribution in [0.2, 0.25) is 0 Å². The third-order valence-corrected chi connectivity index (χ3v) is 4.65. The minimum atomic E-state index is 0.0630. The van der Waals surface area contributed by atoms with Crippen molar-refractivity contribution in [3.63, 3.8) is 0 Å². The van der Waals surface area contributed by atoms with Crippen LogP contribution in [0.4, 0.5) is 5.69 Å². The molecule has 0 bridgehead atoms. The second kappa shape index (κ2) is 7.49. The van der Waals surface area contributed by atoms with E-state index in [1.165, 1.54) is 0 Å². The third kappa shape index (κ3) is 3.60. The van der Waals surface area contributed by atoms with E-state index in [0.29, 0.717) is 6.54 Å². The van der Waals surface area contributed by atoms with E-state index in [1.54, 1.807) is 0 Å². The number of nitrogens with zero attached hydrogens (tertiary/aromatic N) is 1. The molecule has 1 amide bonds. The van der Waals surface area contributed by atoms with Crippen molar-refractivity contribution in [3.05, 3.63) is 64.7 Å². The fourth-order valence-electron chi connectivity index (χ4n) is 3.11. The molecule has 1 fully saturated rings. The largest absolute Gasteiger partial charge is 0.392 e. The van der Waals surface area contributed by atoms with Gasteiger partial charge in [0.2, 0.25) is 0 Å². The van der Waals surface area contributed by atoms with Gasteiger partial charge in [-0.2, -0.15) is 0 Å². The molecule has 0 unspecified atom stereocenters. The molecule has 126 valence electrons. The van der Waals surface area contributed by atoms with Crippen LogP contribution in [0, 0.1) is 6.92 Å². The summed E-state index contributed by atoms with van der Waals surface area (Å²) in [7, 11) is 0. The highest BCUT2D eigenvalue weighted by molar-refractivity contribution is 5.97. The van der Waals surface area contributed by atoms with Crippen molar-refractivity contribution in [2.45, 2.75) is 32.9 Å². The van der Waals surface area contributed by atoms with Crippen LogP contribution in [0.15, 0.2) is 42.5 Å². The highest BCUT2D eigenvalue weighted by atomic mass is 16.3. The molecule has 2 aromatic carbocycles. The fraction of sp³-hybridized carbons (Fsp3) is 0.350. The number of carbonyl (C=O) groups is 1. The molecule has 0 aromatic heterocycles. The number of anilines is 1. The Morgan fingerprint density at radius 1 is 1.08 bits per heavy atom. The van der Waals surface area contributed by atoms with Crippen LogP contribution in [0.3, 0.4) is 0 Å². The number of likely N-dealkylation sites (tertiary alicyclic amines) is 1. The molecule has 1 aliphatic heterocycles. The zero-order chi connectivity index (χ0) is 16.9. The number of rotatable bonds is 5. The van der Waals surface area contributed by atoms with Crippen molar-refractivity contribution in [2.75, 3.05) is 18.4 Å². The van der Waals surface area contributed by atoms with Gasteiger partial charge in [-0.25, -0.2) is 0 Å². The average molecular weight is 324 g/mol. The SMILES string of the molecule is Cc1c(NCc2ccc(CO)cc2)cccc1C(=O)N1CCCC1. The number of hydrogen-bond acceptors (Lipinski definition) is 3. The Balaban J connectivity index is 1.71. The maximum absolute atomic E-state index is 12.6. The Hall–Kier alpha value is -2.33. The van der Waals surface area contributed by atoms with Gasteiger partial charge in [-0.15, -0.1) is 0 Å². The predicted octanol–water partition coefficient (Wildman–Crippen LogP) is 3.34. The average Bonchev–Trinajstić information content (AvgIpc) is 3.15. The second-order valence-corrected chi connectivity index (χ2v) is 6.31. The summed E-state index contributed by atoms with van der Waals surface area (Å²) in [4.78, 5) is 14.6. The van der Waals surface area contributed by atoms with Crippen molar-refractivity contribution >= 4 is 11.6 Å². The van der Waals surface area contributed by atoms with Crippen LogP contribution in [0.1, 0.15) is 39.9 Å². The Bertz CT molecular complexity index is 704. The van der Waals surface area contributed by atoms with Gasteiger partial charge in [-0.05, 0) is 48.6 Å². The zero-order valence-corrected chi connectivity index (χ0v) is 14.1. The van der Waals surface area contributed by atoms with E-state index in [-0.39, 0.29) is 12.5 Å². The molecule has 1 aliphatic rings. The smallest absolute Gasteiger partial charge is 0.254 e. The summed E-state index contributed by atoms with van der Waals surface area (Å²) in [6, 6.07) is 13.7. The monoisotopic (exact) mass is 324 g/mol. The fourth-order valence-corrected chi connectivity index (χ4v) is 3.11. The quantitative estimate of drug-likeness (QED) is 0.887. The molecule has 0 atom stereocenters. The number of hydrogen-bond donors (Lipinski definition) is 2. The lowest BCUT2D eigenvalue weighted by Gasteiger charge is -2.18. The lowest BCUT2D eigenvalue weighted by Crippen LogP contribution is -2.28. The van der Waals surface area contributed by atoms with Gasteiger partial charge in [0, 0.05) is 30.9 Å². The Labute approximate surface area is 143 Å². The number of aliphatic hydroxyl groups is 1. The van der Waals surface area contributed by atoms with Gasteiger partial charge >= 0.3 is 0 Å². The topological polar surface area (TPSA) is 52.6 Å². The van der Waals surface area contributed by atoms with Gasteiger partial charge in [-0.3, -0.25) is 4.79 Å². The van der Waals surface area contributed by atoms with E-state index < -0.39 is 0 Å². The number of nitrogens with one attached hydrogen (secondary N) is 1. The minimum absolute atomic E-state index is 0.0630. The molecule has 2 aromatic rings. The van der Waals surface area contributed by atoms with Crippen LogP contribution in [0.25, 0.3) is 0 Å². The summed E-state index contributed by atoms with van der Waals surface area (Å²) in [6.07, 6.45) is 2.21. The van der Waals surface area contributed by atoms with E-state index in [9.17, 15) is 4.79 Å². The summed E-state index contributed by atoms with van der Waals surface area (Å²) in [5, 5.41) is 12.5. The number of carbonyl (C=O) groups excluding carboxylic acids is 1. The molecule has 24 heavy (non-hydrogen) atoms. The van der Waals surface area contributed by atoms with Crippen molar-refractivity contribution in [1.82, 2.24) is 4.90 Å². The van der Waals surface area contributed by atoms with Crippen LogP contribution < -0.4 is 5.32 Å². The van der Waals surface area contributed by atoms with Crippen LogP contribution >= 0.6 is 0 Å². The third-order valence-electron chi connectivity index (χ3n) is 4.65. The second-order valence-electron chi connectivity index (χ2n) is 6.31. The van der Waals surface area contributed by atoms with Gasteiger partial charge in [0.15, 0.2) is 0 Å². The summed E-state index contributed by atoms with van der Waals surface area (Å²) < 4.78 is 0. The van der Waals surface area contributed by atoms with Crippen LogP contribution in [0.5, 0.6) is 0 Å². The first-order chi connectivity index (χ1) is 11.7. The Kier molecular flexibility index (Phi) is 5.16. The lowest BCUT2D eigenvalue weighted by molar-refractivity contribution is 0.0792. The number of aliphatic hydroxyl groups excluding tert-OH is 1.